The molecule has 1 aromatic rings. The fourth-order valence-corrected chi connectivity index (χ4v) is 1.78. The largest absolute Gasteiger partial charge is 0.389 e. The van der Waals surface area contributed by atoms with Crippen LogP contribution in [0.2, 0.25) is 0 Å². The number of rotatable bonds is 11. The van der Waals surface area contributed by atoms with E-state index in [4.69, 9.17) is 4.74 Å². The molecule has 1 unspecified atom stereocenters. The lowest BCUT2D eigenvalue weighted by atomic mass is 10.2. The second-order valence-corrected chi connectivity index (χ2v) is 4.74. The lowest BCUT2D eigenvalue weighted by molar-refractivity contribution is 0.0353. The predicted octanol–water partition coefficient (Wildman–Crippen LogP) is 2.13. The van der Waals surface area contributed by atoms with Crippen LogP contribution in [0.5, 0.6) is 0 Å². The van der Waals surface area contributed by atoms with Gasteiger partial charge >= 0.3 is 0 Å². The Hall–Kier alpha value is -0.970. The van der Waals surface area contributed by atoms with Gasteiger partial charge in [-0.25, -0.2) is 0 Å². The number of ether oxygens (including phenoxy) is 1. The number of hydrogen-bond donors (Lipinski definition) is 2. The Morgan fingerprint density at radius 1 is 1.32 bits per heavy atom. The van der Waals surface area contributed by atoms with Crippen molar-refractivity contribution in [1.29, 1.82) is 0 Å². The van der Waals surface area contributed by atoms with Crippen molar-refractivity contribution in [2.24, 2.45) is 0 Å². The molecule has 0 aliphatic rings. The molecule has 0 bridgehead atoms. The molecule has 0 saturated carbocycles. The van der Waals surface area contributed by atoms with Crippen molar-refractivity contribution >= 4 is 0 Å². The van der Waals surface area contributed by atoms with Crippen LogP contribution < -0.4 is 5.32 Å². The third-order valence-electron chi connectivity index (χ3n) is 2.86. The number of aliphatic hydroxyl groups is 1. The Balaban J connectivity index is 1.94. The van der Waals surface area contributed by atoms with Gasteiger partial charge in [0.1, 0.15) is 0 Å². The quantitative estimate of drug-likeness (QED) is 0.602. The van der Waals surface area contributed by atoms with Gasteiger partial charge < -0.3 is 15.2 Å². The third-order valence-corrected chi connectivity index (χ3v) is 2.86. The van der Waals surface area contributed by atoms with Crippen LogP contribution in [0.3, 0.4) is 0 Å². The smallest absolute Gasteiger partial charge is 0.0897 e. The fraction of sp³-hybridized carbons (Fsp3) is 0.667. The number of aromatic nitrogens is 1. The monoisotopic (exact) mass is 266 g/mol. The molecule has 1 heterocycles. The summed E-state index contributed by atoms with van der Waals surface area (Å²) in [5.74, 6) is 0. The molecule has 1 atom stereocenters. The van der Waals surface area contributed by atoms with E-state index in [1.165, 1.54) is 19.3 Å². The minimum absolute atomic E-state index is 0.404. The van der Waals surface area contributed by atoms with Gasteiger partial charge in [0.25, 0.3) is 0 Å². The SMILES string of the molecule is CCCCCCOCC(O)CNCc1ccccn1. The molecule has 19 heavy (non-hydrogen) atoms. The van der Waals surface area contributed by atoms with E-state index in [-0.39, 0.29) is 0 Å². The van der Waals surface area contributed by atoms with Gasteiger partial charge in [0.2, 0.25) is 0 Å². The van der Waals surface area contributed by atoms with E-state index >= 15 is 0 Å². The molecule has 0 spiro atoms. The summed E-state index contributed by atoms with van der Waals surface area (Å²) in [6, 6.07) is 5.81. The van der Waals surface area contributed by atoms with E-state index in [1.807, 2.05) is 18.2 Å². The van der Waals surface area contributed by atoms with Crippen molar-refractivity contribution < 1.29 is 9.84 Å². The first kappa shape index (κ1) is 16.1. The Labute approximate surface area is 116 Å². The van der Waals surface area contributed by atoms with E-state index in [1.54, 1.807) is 6.20 Å². The molecule has 4 nitrogen and oxygen atoms in total. The molecule has 4 heteroatoms. The molecule has 0 saturated heterocycles. The van der Waals surface area contributed by atoms with Crippen LogP contribution in [0.4, 0.5) is 0 Å². The molecule has 0 aromatic carbocycles. The minimum atomic E-state index is -0.449. The molecular formula is C15H26N2O2. The molecule has 1 aromatic heterocycles. The van der Waals surface area contributed by atoms with E-state index in [2.05, 4.69) is 17.2 Å². The Bertz CT molecular complexity index is 306. The summed E-state index contributed by atoms with van der Waals surface area (Å²) >= 11 is 0. The highest BCUT2D eigenvalue weighted by atomic mass is 16.5. The number of pyridine rings is 1. The topological polar surface area (TPSA) is 54.4 Å². The Morgan fingerprint density at radius 3 is 2.95 bits per heavy atom. The molecule has 0 fully saturated rings. The summed E-state index contributed by atoms with van der Waals surface area (Å²) in [6.45, 7) is 4.55. The Morgan fingerprint density at radius 2 is 2.21 bits per heavy atom. The van der Waals surface area contributed by atoms with Crippen molar-refractivity contribution in [3.8, 4) is 0 Å². The first-order valence-electron chi connectivity index (χ1n) is 7.19. The zero-order valence-corrected chi connectivity index (χ0v) is 11.8. The number of aliphatic hydroxyl groups excluding tert-OH is 1. The van der Waals surface area contributed by atoms with Gasteiger partial charge in [-0.15, -0.1) is 0 Å². The second-order valence-electron chi connectivity index (χ2n) is 4.74. The summed E-state index contributed by atoms with van der Waals surface area (Å²) in [5, 5.41) is 12.9. The first-order chi connectivity index (χ1) is 9.33. The van der Waals surface area contributed by atoms with E-state index in [0.717, 1.165) is 18.7 Å². The van der Waals surface area contributed by atoms with Crippen LogP contribution in [-0.4, -0.2) is 36.0 Å². The molecule has 2 N–H and O–H groups in total. The highest BCUT2D eigenvalue weighted by Crippen LogP contribution is 1.99. The average molecular weight is 266 g/mol. The van der Waals surface area contributed by atoms with E-state index < -0.39 is 6.10 Å². The maximum absolute atomic E-state index is 9.72. The molecular weight excluding hydrogens is 240 g/mol. The Kier molecular flexibility index (Phi) is 9.23. The first-order valence-corrected chi connectivity index (χ1v) is 7.19. The van der Waals surface area contributed by atoms with Crippen LogP contribution in [0, 0.1) is 0 Å². The number of unbranched alkanes of at least 4 members (excludes halogenated alkanes) is 3. The third kappa shape index (κ3) is 8.70. The molecule has 0 amide bonds. The lowest BCUT2D eigenvalue weighted by Crippen LogP contribution is -2.30. The van der Waals surface area contributed by atoms with Crippen LogP contribution in [0.25, 0.3) is 0 Å². The zero-order valence-electron chi connectivity index (χ0n) is 11.8. The van der Waals surface area contributed by atoms with Gasteiger partial charge in [-0.3, -0.25) is 4.98 Å². The number of nitrogens with zero attached hydrogens (tertiary/aromatic N) is 1. The summed E-state index contributed by atoms with van der Waals surface area (Å²) in [6.07, 6.45) is 6.12. The van der Waals surface area contributed by atoms with Gasteiger partial charge in [0, 0.05) is 25.9 Å². The maximum atomic E-state index is 9.72. The lowest BCUT2D eigenvalue weighted by Gasteiger charge is -2.12. The number of hydrogen-bond acceptors (Lipinski definition) is 4. The van der Waals surface area contributed by atoms with Crippen LogP contribution in [-0.2, 0) is 11.3 Å². The highest BCUT2D eigenvalue weighted by Gasteiger charge is 2.03. The summed E-state index contributed by atoms with van der Waals surface area (Å²) in [4.78, 5) is 4.20. The summed E-state index contributed by atoms with van der Waals surface area (Å²) in [5.41, 5.74) is 0.982. The van der Waals surface area contributed by atoms with Gasteiger partial charge in [-0.2, -0.15) is 0 Å². The van der Waals surface area contributed by atoms with E-state index in [0.29, 0.717) is 19.7 Å². The maximum Gasteiger partial charge on any atom is 0.0897 e. The van der Waals surface area contributed by atoms with Crippen molar-refractivity contribution in [3.05, 3.63) is 30.1 Å². The standard InChI is InChI=1S/C15H26N2O2/c1-2-3-4-7-10-19-13-15(18)12-16-11-14-8-5-6-9-17-14/h5-6,8-9,15-16,18H,2-4,7,10-13H2,1H3. The molecule has 0 radical (unpaired) electrons. The zero-order chi connectivity index (χ0) is 13.8. The van der Waals surface area contributed by atoms with Gasteiger partial charge in [0.15, 0.2) is 0 Å². The number of nitrogens with one attached hydrogen (secondary N) is 1. The van der Waals surface area contributed by atoms with Crippen LogP contribution >= 0.6 is 0 Å². The van der Waals surface area contributed by atoms with Crippen molar-refractivity contribution in [2.45, 2.75) is 45.3 Å². The molecule has 0 aliphatic heterocycles. The summed E-state index contributed by atoms with van der Waals surface area (Å²) < 4.78 is 5.44. The average Bonchev–Trinajstić information content (AvgIpc) is 2.44. The van der Waals surface area contributed by atoms with Crippen LogP contribution in [0.1, 0.15) is 38.3 Å². The van der Waals surface area contributed by atoms with E-state index in [9.17, 15) is 5.11 Å². The fourth-order valence-electron chi connectivity index (χ4n) is 1.78. The van der Waals surface area contributed by atoms with Crippen molar-refractivity contribution in [1.82, 2.24) is 10.3 Å². The van der Waals surface area contributed by atoms with Crippen LogP contribution in [0.15, 0.2) is 24.4 Å². The van der Waals surface area contributed by atoms with Crippen molar-refractivity contribution in [3.63, 3.8) is 0 Å². The molecule has 0 aliphatic carbocycles. The van der Waals surface area contributed by atoms with Crippen molar-refractivity contribution in [2.75, 3.05) is 19.8 Å². The molecule has 108 valence electrons. The van der Waals surface area contributed by atoms with Gasteiger partial charge in [0.05, 0.1) is 18.4 Å². The highest BCUT2D eigenvalue weighted by molar-refractivity contribution is 5.02. The summed E-state index contributed by atoms with van der Waals surface area (Å²) in [7, 11) is 0. The molecule has 1 rings (SSSR count). The van der Waals surface area contributed by atoms with Gasteiger partial charge in [-0.05, 0) is 18.6 Å². The normalized spacial score (nSPS) is 12.5. The second kappa shape index (κ2) is 10.9. The van der Waals surface area contributed by atoms with Gasteiger partial charge in [-0.1, -0.05) is 32.3 Å². The predicted molar refractivity (Wildman–Crippen MR) is 76.9 cm³/mol. The minimum Gasteiger partial charge on any atom is -0.389 e.